The van der Waals surface area contributed by atoms with Crippen LogP contribution in [-0.4, -0.2) is 88.8 Å². The molecule has 0 radical (unpaired) electrons. The molecule has 288 valence electrons. The fraction of sp³-hybridized carbons (Fsp3) is 0.273. The zero-order valence-corrected chi connectivity index (χ0v) is 31.9. The fourth-order valence-corrected chi connectivity index (χ4v) is 8.72. The maximum Gasteiger partial charge on any atom is 0.191 e. The molecule has 0 saturated carbocycles. The topological polar surface area (TPSA) is 164 Å². The third-order valence-electron chi connectivity index (χ3n) is 11.2. The Morgan fingerprint density at radius 1 is 0.534 bits per heavy atom. The van der Waals surface area contributed by atoms with Gasteiger partial charge < -0.3 is 38.4 Å². The maximum atomic E-state index is 7.05. The number of H-pyrrole nitrogens is 2. The van der Waals surface area contributed by atoms with Gasteiger partial charge in [-0.15, -0.1) is 0 Å². The van der Waals surface area contributed by atoms with Gasteiger partial charge in [0.25, 0.3) is 0 Å². The summed E-state index contributed by atoms with van der Waals surface area (Å²) in [5, 5.41) is 3.52. The molecule has 3 fully saturated rings. The van der Waals surface area contributed by atoms with Crippen molar-refractivity contribution in [1.82, 2.24) is 39.9 Å². The van der Waals surface area contributed by atoms with Crippen LogP contribution in [-0.2, 0) is 23.7 Å². The lowest BCUT2D eigenvalue weighted by Crippen LogP contribution is -2.46. The van der Waals surface area contributed by atoms with Gasteiger partial charge in [-0.1, -0.05) is 84.9 Å². The number of aromatic nitrogens is 8. The highest BCUT2D eigenvalue weighted by atomic mass is 16.8. The summed E-state index contributed by atoms with van der Waals surface area (Å²) in [4.78, 5) is 37.8. The minimum absolute atomic E-state index is 0.328. The van der Waals surface area contributed by atoms with Gasteiger partial charge in [0, 0.05) is 38.2 Å². The lowest BCUT2D eigenvalue weighted by molar-refractivity contribution is -0.230. The third kappa shape index (κ3) is 5.30. The molecule has 12 rings (SSSR count). The van der Waals surface area contributed by atoms with Crippen LogP contribution in [0.1, 0.15) is 27.7 Å². The number of hydrogen-bond donors (Lipinski definition) is 2. The SMILES string of the molecule is CC1(C)OCC([C@H]2O[C@@H]3OC(C)(C)O[C@@H]3[C@H]2Oc2cccc3c2-c2nc-3nc3[nH]c(nc4nc(nc5[nH]c(n2)c2ccccc52)-c2ccccc2-4)c2ccccc32)O1. The molecule has 5 aliphatic heterocycles. The number of fused-ring (bicyclic) bond motifs is 21. The molecule has 0 amide bonds. The van der Waals surface area contributed by atoms with Gasteiger partial charge in [0.15, 0.2) is 53.4 Å². The summed E-state index contributed by atoms with van der Waals surface area (Å²) >= 11 is 0. The van der Waals surface area contributed by atoms with E-state index in [1.165, 1.54) is 0 Å². The maximum absolute atomic E-state index is 7.05. The van der Waals surface area contributed by atoms with Crippen molar-refractivity contribution in [3.63, 3.8) is 0 Å². The van der Waals surface area contributed by atoms with Crippen LogP contribution in [0.4, 0.5) is 0 Å². The van der Waals surface area contributed by atoms with E-state index in [1.807, 2.05) is 119 Å². The van der Waals surface area contributed by atoms with Crippen LogP contribution in [0.3, 0.4) is 0 Å². The summed E-state index contributed by atoms with van der Waals surface area (Å²) in [5.41, 5.74) is 5.58. The van der Waals surface area contributed by atoms with Gasteiger partial charge >= 0.3 is 0 Å². The number of aromatic amines is 2. The van der Waals surface area contributed by atoms with Gasteiger partial charge in [0.2, 0.25) is 0 Å². The van der Waals surface area contributed by atoms with Gasteiger partial charge in [-0.25, -0.2) is 29.9 Å². The standard InChI is InChI=1S/C44H36N8O6/c1-43(2)53-20-29(56-43)31-32(33-42(55-31)58-44(3,4)57-33)54-28-19-11-18-27-30(28)41-51-39-26-17-10-9-16-25(26)37(49-39)47-35-22-13-6-5-12-21(22)34(45-35)46-36-23-14-7-8-15-24(23)38(48-36)50-40(27)52-41/h5-19,29,31-33,42H,20H2,1-4H3,(H2,45,46,47,48,49,50,51,52)/t29?,31-,32+,33-,42-/m1/s1. The quantitative estimate of drug-likeness (QED) is 0.181. The second kappa shape index (κ2) is 12.2. The molecule has 5 aliphatic rings. The van der Waals surface area contributed by atoms with Gasteiger partial charge in [-0.2, -0.15) is 0 Å². The van der Waals surface area contributed by atoms with Crippen LogP contribution < -0.4 is 4.74 Å². The average Bonchev–Trinajstić information content (AvgIpc) is 4.08. The second-order valence-electron chi connectivity index (χ2n) is 15.9. The molecule has 0 spiro atoms. The van der Waals surface area contributed by atoms with Crippen LogP contribution in [0.25, 0.3) is 89.7 Å². The van der Waals surface area contributed by atoms with Crippen LogP contribution in [0.5, 0.6) is 5.75 Å². The normalized spacial score (nSPS) is 23.9. The number of nitrogens with one attached hydrogen (secondary N) is 2. The first kappa shape index (κ1) is 33.9. The Hall–Kier alpha value is -6.16. The van der Waals surface area contributed by atoms with E-state index in [-0.39, 0.29) is 0 Å². The molecule has 58 heavy (non-hydrogen) atoms. The Bertz CT molecular complexity index is 3030. The molecule has 3 aromatic heterocycles. The summed E-state index contributed by atoms with van der Waals surface area (Å²) in [6.45, 7) is 7.84. The van der Waals surface area contributed by atoms with E-state index in [2.05, 4.69) is 9.97 Å². The summed E-state index contributed by atoms with van der Waals surface area (Å²) in [5.74, 6) is 0.845. The fourth-order valence-electron chi connectivity index (χ4n) is 8.72. The summed E-state index contributed by atoms with van der Waals surface area (Å²) in [7, 11) is 0. The van der Waals surface area contributed by atoms with Crippen LogP contribution in [0, 0.1) is 0 Å². The number of rotatable bonds is 3. The molecule has 7 aromatic rings. The largest absolute Gasteiger partial charge is 0.484 e. The first-order valence-electron chi connectivity index (χ1n) is 19.4. The van der Waals surface area contributed by atoms with Crippen LogP contribution in [0.2, 0.25) is 0 Å². The van der Waals surface area contributed by atoms with Crippen LogP contribution >= 0.6 is 0 Å². The van der Waals surface area contributed by atoms with E-state index in [9.17, 15) is 0 Å². The predicted octanol–water partition coefficient (Wildman–Crippen LogP) is 7.64. The summed E-state index contributed by atoms with van der Waals surface area (Å²) in [6, 6.07) is 29.8. The highest BCUT2D eigenvalue weighted by Gasteiger charge is 2.59. The molecule has 8 heterocycles. The smallest absolute Gasteiger partial charge is 0.191 e. The lowest BCUT2D eigenvalue weighted by Gasteiger charge is -2.29. The lowest BCUT2D eigenvalue weighted by atomic mass is 10.0. The Labute approximate surface area is 330 Å². The average molecular weight is 773 g/mol. The number of hydrogen-bond acceptors (Lipinski definition) is 12. The molecule has 8 bridgehead atoms. The molecule has 14 nitrogen and oxygen atoms in total. The van der Waals surface area contributed by atoms with Gasteiger partial charge in [0.05, 0.1) is 12.2 Å². The Balaban J connectivity index is 1.10. The van der Waals surface area contributed by atoms with E-state index in [0.717, 1.165) is 38.2 Å². The molecule has 1 unspecified atom stereocenters. The Morgan fingerprint density at radius 2 is 1.05 bits per heavy atom. The van der Waals surface area contributed by atoms with E-state index in [4.69, 9.17) is 58.3 Å². The highest BCUT2D eigenvalue weighted by molar-refractivity contribution is 6.06. The molecule has 2 N–H and O–H groups in total. The Kier molecular flexibility index (Phi) is 7.12. The molecular formula is C44H36N8O6. The minimum atomic E-state index is -0.872. The zero-order chi connectivity index (χ0) is 38.9. The van der Waals surface area contributed by atoms with Crippen molar-refractivity contribution < 1.29 is 28.4 Å². The van der Waals surface area contributed by atoms with E-state index >= 15 is 0 Å². The first-order chi connectivity index (χ1) is 28.1. The van der Waals surface area contributed by atoms with Gasteiger partial charge in [0.1, 0.15) is 40.5 Å². The van der Waals surface area contributed by atoms with E-state index in [0.29, 0.717) is 63.8 Å². The van der Waals surface area contributed by atoms with Crippen molar-refractivity contribution in [2.75, 3.05) is 6.61 Å². The first-order valence-corrected chi connectivity index (χ1v) is 19.4. The van der Waals surface area contributed by atoms with Crippen molar-refractivity contribution >= 4 is 44.1 Å². The van der Waals surface area contributed by atoms with Crippen molar-refractivity contribution in [2.24, 2.45) is 0 Å². The van der Waals surface area contributed by atoms with Crippen molar-refractivity contribution in [2.45, 2.75) is 70.0 Å². The number of ether oxygens (including phenoxy) is 6. The monoisotopic (exact) mass is 772 g/mol. The summed E-state index contributed by atoms with van der Waals surface area (Å²) in [6.07, 6.45) is -2.82. The van der Waals surface area contributed by atoms with Gasteiger partial charge in [-0.3, -0.25) is 0 Å². The minimum Gasteiger partial charge on any atom is -0.484 e. The van der Waals surface area contributed by atoms with Crippen molar-refractivity contribution in [1.29, 1.82) is 0 Å². The summed E-state index contributed by atoms with van der Waals surface area (Å²) < 4.78 is 38.5. The number of benzene rings is 4. The van der Waals surface area contributed by atoms with Crippen molar-refractivity contribution in [3.8, 4) is 51.3 Å². The molecular weight excluding hydrogens is 737 g/mol. The second-order valence-corrected chi connectivity index (χ2v) is 15.9. The van der Waals surface area contributed by atoms with Gasteiger partial charge in [-0.05, 0) is 33.8 Å². The third-order valence-corrected chi connectivity index (χ3v) is 11.2. The molecule has 14 heteroatoms. The molecule has 4 aromatic carbocycles. The number of nitrogens with zero attached hydrogens (tertiary/aromatic N) is 6. The molecule has 5 atom stereocenters. The highest BCUT2D eigenvalue weighted by Crippen LogP contribution is 2.46. The zero-order valence-electron chi connectivity index (χ0n) is 31.9. The molecule has 3 saturated heterocycles. The van der Waals surface area contributed by atoms with Crippen molar-refractivity contribution in [3.05, 3.63) is 91.0 Å². The van der Waals surface area contributed by atoms with E-state index < -0.39 is 42.3 Å². The predicted molar refractivity (Wildman–Crippen MR) is 214 cm³/mol. The van der Waals surface area contributed by atoms with E-state index in [1.54, 1.807) is 0 Å². The Morgan fingerprint density at radius 3 is 1.62 bits per heavy atom. The van der Waals surface area contributed by atoms with Crippen LogP contribution in [0.15, 0.2) is 91.0 Å². The molecule has 0 aliphatic carbocycles.